The van der Waals surface area contributed by atoms with E-state index < -0.39 is 9.84 Å². The molecule has 0 bridgehead atoms. The van der Waals surface area contributed by atoms with Crippen molar-refractivity contribution in [2.24, 2.45) is 5.73 Å². The Morgan fingerprint density at radius 3 is 2.86 bits per heavy atom. The quantitative estimate of drug-likeness (QED) is 0.660. The molecule has 0 saturated carbocycles. The molecule has 0 saturated heterocycles. The van der Waals surface area contributed by atoms with E-state index in [0.29, 0.717) is 12.0 Å². The van der Waals surface area contributed by atoms with Crippen LogP contribution in [0.4, 0.5) is 0 Å². The maximum atomic E-state index is 11.6. The Kier molecular flexibility index (Phi) is 2.01. The van der Waals surface area contributed by atoms with Crippen molar-refractivity contribution in [1.82, 2.24) is 0 Å². The van der Waals surface area contributed by atoms with Crippen LogP contribution in [-0.4, -0.2) is 19.3 Å². The number of benzene rings is 1. The van der Waals surface area contributed by atoms with Crippen molar-refractivity contribution in [3.8, 4) is 5.75 Å². The van der Waals surface area contributed by atoms with E-state index in [1.165, 1.54) is 18.2 Å². The van der Waals surface area contributed by atoms with Gasteiger partial charge in [-0.25, -0.2) is 8.42 Å². The third-order valence-electron chi connectivity index (χ3n) is 2.43. The first kappa shape index (κ1) is 9.48. The zero-order chi connectivity index (χ0) is 10.3. The van der Waals surface area contributed by atoms with Gasteiger partial charge in [0.25, 0.3) is 0 Å². The summed E-state index contributed by atoms with van der Waals surface area (Å²) in [5, 5.41) is 9.23. The molecule has 1 aliphatic heterocycles. The minimum absolute atomic E-state index is 0.0521. The molecule has 4 nitrogen and oxygen atoms in total. The van der Waals surface area contributed by atoms with Gasteiger partial charge in [-0.1, -0.05) is 0 Å². The van der Waals surface area contributed by atoms with E-state index in [4.69, 9.17) is 5.73 Å². The van der Waals surface area contributed by atoms with Crippen LogP contribution in [0.1, 0.15) is 18.0 Å². The standard InChI is InChI=1S/C9H11NO3S/c10-8-3-4-14(12,13)9-2-1-6(11)5-7(8)9/h1-2,5,8,11H,3-4,10H2. The summed E-state index contributed by atoms with van der Waals surface area (Å²) in [7, 11) is -3.18. The molecule has 1 heterocycles. The van der Waals surface area contributed by atoms with Crippen LogP contribution >= 0.6 is 0 Å². The Hall–Kier alpha value is -1.07. The second-order valence-corrected chi connectivity index (χ2v) is 5.51. The lowest BCUT2D eigenvalue weighted by Gasteiger charge is -2.22. The van der Waals surface area contributed by atoms with Crippen LogP contribution in [0.2, 0.25) is 0 Å². The van der Waals surface area contributed by atoms with Crippen LogP contribution in [-0.2, 0) is 9.84 Å². The zero-order valence-electron chi connectivity index (χ0n) is 7.47. The van der Waals surface area contributed by atoms with Crippen LogP contribution < -0.4 is 5.73 Å². The van der Waals surface area contributed by atoms with Gasteiger partial charge in [0.15, 0.2) is 9.84 Å². The summed E-state index contributed by atoms with van der Waals surface area (Å²) in [5.74, 6) is 0.141. The Labute approximate surface area is 82.3 Å². The van der Waals surface area contributed by atoms with Crippen molar-refractivity contribution in [1.29, 1.82) is 0 Å². The van der Waals surface area contributed by atoms with Crippen molar-refractivity contribution in [3.63, 3.8) is 0 Å². The predicted molar refractivity (Wildman–Crippen MR) is 51.7 cm³/mol. The number of sulfone groups is 1. The molecule has 0 spiro atoms. The third-order valence-corrected chi connectivity index (χ3v) is 4.24. The molecule has 0 amide bonds. The lowest BCUT2D eigenvalue weighted by Crippen LogP contribution is -2.24. The van der Waals surface area contributed by atoms with Crippen LogP contribution in [0.25, 0.3) is 0 Å². The van der Waals surface area contributed by atoms with Crippen molar-refractivity contribution >= 4 is 9.84 Å². The van der Waals surface area contributed by atoms with E-state index in [-0.39, 0.29) is 22.4 Å². The van der Waals surface area contributed by atoms with Gasteiger partial charge >= 0.3 is 0 Å². The van der Waals surface area contributed by atoms with Gasteiger partial charge in [-0.15, -0.1) is 0 Å². The summed E-state index contributed by atoms with van der Waals surface area (Å²) in [5.41, 5.74) is 6.29. The molecule has 0 fully saturated rings. The van der Waals surface area contributed by atoms with Gasteiger partial charge in [-0.05, 0) is 30.2 Å². The van der Waals surface area contributed by atoms with E-state index in [0.717, 1.165) is 0 Å². The molecule has 1 atom stereocenters. The van der Waals surface area contributed by atoms with Gasteiger partial charge in [0.05, 0.1) is 10.6 Å². The smallest absolute Gasteiger partial charge is 0.178 e. The average molecular weight is 213 g/mol. The van der Waals surface area contributed by atoms with Gasteiger partial charge in [-0.3, -0.25) is 0 Å². The summed E-state index contributed by atoms with van der Waals surface area (Å²) in [6, 6.07) is 3.92. The monoisotopic (exact) mass is 213 g/mol. The fraction of sp³-hybridized carbons (Fsp3) is 0.333. The van der Waals surface area contributed by atoms with Crippen molar-refractivity contribution < 1.29 is 13.5 Å². The molecule has 76 valence electrons. The summed E-state index contributed by atoms with van der Waals surface area (Å²) < 4.78 is 23.2. The fourth-order valence-electron chi connectivity index (χ4n) is 1.66. The van der Waals surface area contributed by atoms with Crippen molar-refractivity contribution in [2.45, 2.75) is 17.4 Å². The molecular formula is C9H11NO3S. The van der Waals surface area contributed by atoms with Crippen LogP contribution in [0.15, 0.2) is 23.1 Å². The fourth-order valence-corrected chi connectivity index (χ4v) is 3.29. The summed E-state index contributed by atoms with van der Waals surface area (Å²) in [6.07, 6.45) is 0.415. The summed E-state index contributed by atoms with van der Waals surface area (Å²) in [6.45, 7) is 0. The Balaban J connectivity index is 2.69. The molecule has 3 N–H and O–H groups in total. The average Bonchev–Trinajstić information content (AvgIpc) is 2.12. The van der Waals surface area contributed by atoms with E-state index in [9.17, 15) is 13.5 Å². The minimum atomic E-state index is -3.18. The molecule has 14 heavy (non-hydrogen) atoms. The maximum Gasteiger partial charge on any atom is 0.178 e. The number of nitrogens with two attached hydrogens (primary N) is 1. The van der Waals surface area contributed by atoms with Crippen LogP contribution in [0.3, 0.4) is 0 Å². The maximum absolute atomic E-state index is 11.6. The van der Waals surface area contributed by atoms with Gasteiger partial charge in [0, 0.05) is 6.04 Å². The van der Waals surface area contributed by atoms with Crippen molar-refractivity contribution in [2.75, 3.05) is 5.75 Å². The van der Waals surface area contributed by atoms with E-state index in [1.54, 1.807) is 0 Å². The molecule has 0 radical (unpaired) electrons. The van der Waals surface area contributed by atoms with E-state index in [2.05, 4.69) is 0 Å². The van der Waals surface area contributed by atoms with Gasteiger partial charge in [0.2, 0.25) is 0 Å². The molecular weight excluding hydrogens is 202 g/mol. The second kappa shape index (κ2) is 2.96. The Morgan fingerprint density at radius 2 is 2.14 bits per heavy atom. The lowest BCUT2D eigenvalue weighted by molar-refractivity contribution is 0.471. The topological polar surface area (TPSA) is 80.4 Å². The number of rotatable bonds is 0. The van der Waals surface area contributed by atoms with Gasteiger partial charge in [-0.2, -0.15) is 0 Å². The largest absolute Gasteiger partial charge is 0.508 e. The number of phenolic OH excluding ortho intramolecular Hbond substituents is 1. The molecule has 1 unspecified atom stereocenters. The molecule has 1 aromatic carbocycles. The molecule has 5 heteroatoms. The first-order chi connectivity index (χ1) is 6.50. The predicted octanol–water partition coefficient (Wildman–Crippen LogP) is 0.569. The molecule has 1 aromatic rings. The number of hydrogen-bond acceptors (Lipinski definition) is 4. The first-order valence-electron chi connectivity index (χ1n) is 4.32. The summed E-state index contributed by atoms with van der Waals surface area (Å²) in [4.78, 5) is 0.258. The minimum Gasteiger partial charge on any atom is -0.508 e. The Bertz CT molecular complexity index is 467. The van der Waals surface area contributed by atoms with Crippen LogP contribution in [0.5, 0.6) is 5.75 Å². The number of phenols is 1. The molecule has 1 aliphatic rings. The van der Waals surface area contributed by atoms with Crippen LogP contribution in [0, 0.1) is 0 Å². The van der Waals surface area contributed by atoms with Gasteiger partial charge in [0.1, 0.15) is 5.75 Å². The Morgan fingerprint density at radius 1 is 1.43 bits per heavy atom. The molecule has 2 rings (SSSR count). The highest BCUT2D eigenvalue weighted by Crippen LogP contribution is 2.32. The number of hydrogen-bond donors (Lipinski definition) is 2. The van der Waals surface area contributed by atoms with E-state index >= 15 is 0 Å². The lowest BCUT2D eigenvalue weighted by atomic mass is 10.0. The normalized spacial score (nSPS) is 24.2. The van der Waals surface area contributed by atoms with E-state index in [1.807, 2.05) is 0 Å². The highest BCUT2D eigenvalue weighted by molar-refractivity contribution is 7.91. The highest BCUT2D eigenvalue weighted by atomic mass is 32.2. The SMILES string of the molecule is NC1CCS(=O)(=O)c2ccc(O)cc21. The second-order valence-electron chi connectivity index (χ2n) is 3.44. The van der Waals surface area contributed by atoms with Gasteiger partial charge < -0.3 is 10.8 Å². The molecule has 0 aromatic heterocycles. The zero-order valence-corrected chi connectivity index (χ0v) is 8.29. The number of aromatic hydroxyl groups is 1. The summed E-state index contributed by atoms with van der Waals surface area (Å²) >= 11 is 0. The number of fused-ring (bicyclic) bond motifs is 1. The first-order valence-corrected chi connectivity index (χ1v) is 5.97. The van der Waals surface area contributed by atoms with Crippen molar-refractivity contribution in [3.05, 3.63) is 23.8 Å². The molecule has 0 aliphatic carbocycles. The third kappa shape index (κ3) is 1.38. The highest BCUT2D eigenvalue weighted by Gasteiger charge is 2.28.